The molecule has 222 valence electrons. The van der Waals surface area contributed by atoms with Crippen molar-refractivity contribution in [2.75, 3.05) is 62.4 Å². The lowest BCUT2D eigenvalue weighted by Gasteiger charge is -2.26. The van der Waals surface area contributed by atoms with Crippen LogP contribution in [-0.2, 0) is 18.9 Å². The molecule has 3 aromatic carbocycles. The van der Waals surface area contributed by atoms with Crippen LogP contribution in [0, 0.1) is 0 Å². The Labute approximate surface area is 250 Å². The molecule has 7 rings (SSSR count). The highest BCUT2D eigenvalue weighted by molar-refractivity contribution is 5.89. The number of rotatable bonds is 14. The maximum atomic E-state index is 5.57. The standard InChI is InChI=1S/C36H44N2O4/c1-23(2)33-13-14-34(24(3)4)36(26-7-11-28(12-8-26)38(17-31-21-41-31)18-32-22-42-32)35(33)25-5-9-27(10-6-25)37(15-29-19-39-29)16-30-20-40-30/h5-14,23-24,29-32H,15-22H2,1-4H3. The van der Waals surface area contributed by atoms with Crippen molar-refractivity contribution in [3.05, 3.63) is 71.8 Å². The number of nitrogens with zero attached hydrogens (tertiary/aromatic N) is 2. The number of hydrogen-bond acceptors (Lipinski definition) is 6. The van der Waals surface area contributed by atoms with E-state index in [4.69, 9.17) is 18.9 Å². The average molecular weight is 569 g/mol. The Morgan fingerprint density at radius 2 is 0.786 bits per heavy atom. The zero-order valence-electron chi connectivity index (χ0n) is 25.4. The number of benzene rings is 3. The van der Waals surface area contributed by atoms with Gasteiger partial charge in [0.15, 0.2) is 0 Å². The van der Waals surface area contributed by atoms with Crippen LogP contribution in [-0.4, -0.2) is 77.0 Å². The second kappa shape index (κ2) is 11.6. The van der Waals surface area contributed by atoms with E-state index in [0.29, 0.717) is 36.3 Å². The van der Waals surface area contributed by atoms with Crippen LogP contribution in [0.3, 0.4) is 0 Å². The first-order valence-corrected chi connectivity index (χ1v) is 15.8. The molecule has 0 aromatic heterocycles. The fourth-order valence-corrected chi connectivity index (χ4v) is 6.14. The third-order valence-electron chi connectivity index (χ3n) is 8.86. The number of hydrogen-bond donors (Lipinski definition) is 0. The van der Waals surface area contributed by atoms with Gasteiger partial charge in [-0.15, -0.1) is 0 Å². The molecule has 0 N–H and O–H groups in total. The zero-order chi connectivity index (χ0) is 28.8. The molecule has 4 aliphatic rings. The normalized spacial score (nSPS) is 23.8. The average Bonchev–Trinajstić information content (AvgIpc) is 3.81. The monoisotopic (exact) mass is 568 g/mol. The zero-order valence-corrected chi connectivity index (χ0v) is 25.4. The molecule has 0 amide bonds. The second-order valence-electron chi connectivity index (χ2n) is 13.0. The summed E-state index contributed by atoms with van der Waals surface area (Å²) in [6.45, 7) is 16.4. The van der Waals surface area contributed by atoms with Crippen LogP contribution in [0.15, 0.2) is 60.7 Å². The van der Waals surface area contributed by atoms with Crippen molar-refractivity contribution in [1.29, 1.82) is 0 Å². The van der Waals surface area contributed by atoms with E-state index in [9.17, 15) is 0 Å². The predicted octanol–water partition coefficient (Wildman–Crippen LogP) is 6.48. The van der Waals surface area contributed by atoms with Crippen LogP contribution < -0.4 is 9.80 Å². The van der Waals surface area contributed by atoms with E-state index in [1.165, 1.54) is 44.8 Å². The Morgan fingerprint density at radius 3 is 1.02 bits per heavy atom. The third-order valence-corrected chi connectivity index (χ3v) is 8.86. The van der Waals surface area contributed by atoms with Crippen LogP contribution in [0.2, 0.25) is 0 Å². The van der Waals surface area contributed by atoms with Crippen LogP contribution >= 0.6 is 0 Å². The van der Waals surface area contributed by atoms with Gasteiger partial charge in [0, 0.05) is 37.6 Å². The summed E-state index contributed by atoms with van der Waals surface area (Å²) in [5.74, 6) is 0.809. The van der Waals surface area contributed by atoms with Gasteiger partial charge in [-0.2, -0.15) is 0 Å². The topological polar surface area (TPSA) is 56.6 Å². The Bertz CT molecular complexity index is 1240. The Morgan fingerprint density at radius 1 is 0.500 bits per heavy atom. The lowest BCUT2D eigenvalue weighted by molar-refractivity contribution is 0.388. The van der Waals surface area contributed by atoms with Crippen molar-refractivity contribution in [2.45, 2.75) is 63.9 Å². The molecule has 4 aliphatic heterocycles. The van der Waals surface area contributed by atoms with Gasteiger partial charge in [-0.3, -0.25) is 0 Å². The smallest absolute Gasteiger partial charge is 0.0984 e. The first-order chi connectivity index (χ1) is 20.4. The van der Waals surface area contributed by atoms with Crippen molar-refractivity contribution in [1.82, 2.24) is 0 Å². The lowest BCUT2D eigenvalue weighted by Crippen LogP contribution is -2.31. The van der Waals surface area contributed by atoms with E-state index in [-0.39, 0.29) is 0 Å². The number of anilines is 2. The highest BCUT2D eigenvalue weighted by Crippen LogP contribution is 2.43. The summed E-state index contributed by atoms with van der Waals surface area (Å²) in [5, 5.41) is 0. The molecule has 6 heteroatoms. The van der Waals surface area contributed by atoms with Gasteiger partial charge in [0.25, 0.3) is 0 Å². The highest BCUT2D eigenvalue weighted by Gasteiger charge is 2.32. The van der Waals surface area contributed by atoms with Crippen LogP contribution in [0.25, 0.3) is 22.3 Å². The summed E-state index contributed by atoms with van der Waals surface area (Å²) in [5.41, 5.74) is 10.5. The molecule has 0 saturated carbocycles. The van der Waals surface area contributed by atoms with Gasteiger partial charge >= 0.3 is 0 Å². The van der Waals surface area contributed by atoms with Crippen molar-refractivity contribution >= 4 is 11.4 Å². The van der Waals surface area contributed by atoms with E-state index < -0.39 is 0 Å². The number of ether oxygens (including phenoxy) is 4. The van der Waals surface area contributed by atoms with Gasteiger partial charge in [-0.05, 0) is 69.5 Å². The SMILES string of the molecule is CC(C)c1ccc(C(C)C)c(-c2ccc(N(CC3CO3)CC3CO3)cc2)c1-c1ccc(N(CC2CO2)CC2CO2)cc1. The molecule has 3 aromatic rings. The van der Waals surface area contributed by atoms with E-state index in [0.717, 1.165) is 52.6 Å². The van der Waals surface area contributed by atoms with Gasteiger partial charge in [0.1, 0.15) is 0 Å². The second-order valence-corrected chi connectivity index (χ2v) is 13.0. The van der Waals surface area contributed by atoms with Gasteiger partial charge in [-0.25, -0.2) is 0 Å². The Kier molecular flexibility index (Phi) is 7.74. The van der Waals surface area contributed by atoms with E-state index in [1.807, 2.05) is 0 Å². The van der Waals surface area contributed by atoms with Gasteiger partial charge in [-0.1, -0.05) is 64.1 Å². The first-order valence-electron chi connectivity index (χ1n) is 15.8. The van der Waals surface area contributed by atoms with Crippen molar-refractivity contribution in [3.8, 4) is 22.3 Å². The van der Waals surface area contributed by atoms with E-state index >= 15 is 0 Å². The Balaban J connectivity index is 1.25. The summed E-state index contributed by atoms with van der Waals surface area (Å²) in [6, 6.07) is 23.1. The molecule has 6 nitrogen and oxygen atoms in total. The first kappa shape index (κ1) is 27.9. The summed E-state index contributed by atoms with van der Waals surface area (Å²) in [4.78, 5) is 4.86. The molecule has 0 spiro atoms. The minimum Gasteiger partial charge on any atom is -0.371 e. The lowest BCUT2D eigenvalue weighted by atomic mass is 9.81. The van der Waals surface area contributed by atoms with E-state index in [1.54, 1.807) is 0 Å². The molecule has 4 atom stereocenters. The molecule has 0 radical (unpaired) electrons. The molecule has 4 unspecified atom stereocenters. The highest BCUT2D eigenvalue weighted by atomic mass is 16.6. The predicted molar refractivity (Wildman–Crippen MR) is 169 cm³/mol. The van der Waals surface area contributed by atoms with Gasteiger partial charge < -0.3 is 28.7 Å². The summed E-state index contributed by atoms with van der Waals surface area (Å²) in [6.07, 6.45) is 1.38. The fraction of sp³-hybridized carbons (Fsp3) is 0.500. The van der Waals surface area contributed by atoms with Gasteiger partial charge in [0.2, 0.25) is 0 Å². The summed E-state index contributed by atoms with van der Waals surface area (Å²) in [7, 11) is 0. The van der Waals surface area contributed by atoms with Crippen molar-refractivity contribution in [3.63, 3.8) is 0 Å². The van der Waals surface area contributed by atoms with E-state index in [2.05, 4.69) is 98.2 Å². The maximum Gasteiger partial charge on any atom is 0.0984 e. The fourth-order valence-electron chi connectivity index (χ4n) is 6.14. The van der Waals surface area contributed by atoms with Crippen molar-refractivity contribution < 1.29 is 18.9 Å². The van der Waals surface area contributed by atoms with Crippen molar-refractivity contribution in [2.24, 2.45) is 0 Å². The maximum absolute atomic E-state index is 5.57. The molecule has 0 bridgehead atoms. The minimum atomic E-state index is 0.345. The van der Waals surface area contributed by atoms with Crippen LogP contribution in [0.1, 0.15) is 50.7 Å². The minimum absolute atomic E-state index is 0.345. The molecule has 0 aliphatic carbocycles. The third kappa shape index (κ3) is 6.52. The summed E-state index contributed by atoms with van der Waals surface area (Å²) < 4.78 is 22.3. The molecular weight excluding hydrogens is 524 g/mol. The van der Waals surface area contributed by atoms with Crippen LogP contribution in [0.5, 0.6) is 0 Å². The number of epoxide rings is 4. The molecule has 42 heavy (non-hydrogen) atoms. The quantitative estimate of drug-likeness (QED) is 0.208. The molecule has 4 heterocycles. The Hall–Kier alpha value is -2.90. The summed E-state index contributed by atoms with van der Waals surface area (Å²) >= 11 is 0. The van der Waals surface area contributed by atoms with Gasteiger partial charge in [0.05, 0.1) is 50.8 Å². The molecule has 4 fully saturated rings. The largest absolute Gasteiger partial charge is 0.371 e. The molecular formula is C36H44N2O4. The van der Waals surface area contributed by atoms with Crippen LogP contribution in [0.4, 0.5) is 11.4 Å². The molecule has 4 saturated heterocycles.